The van der Waals surface area contributed by atoms with Crippen molar-refractivity contribution in [2.24, 2.45) is 46.4 Å². The van der Waals surface area contributed by atoms with Crippen molar-refractivity contribution in [3.05, 3.63) is 36.0 Å². The number of carboxylic acid groups (broad SMARTS) is 2. The van der Waals surface area contributed by atoms with E-state index in [1.54, 1.807) is 72.0 Å². The number of aromatic nitrogens is 1. The number of rotatable bonds is 69. The van der Waals surface area contributed by atoms with Gasteiger partial charge in [-0.3, -0.25) is 95.9 Å². The second-order valence-electron chi connectivity index (χ2n) is 35.5. The average Bonchev–Trinajstić information content (AvgIpc) is 1.69. The van der Waals surface area contributed by atoms with E-state index in [1.807, 2.05) is 6.26 Å². The zero-order valence-electron chi connectivity index (χ0n) is 82.9. The van der Waals surface area contributed by atoms with E-state index in [1.165, 1.54) is 60.2 Å². The van der Waals surface area contributed by atoms with Crippen LogP contribution in [-0.2, 0) is 107 Å². The van der Waals surface area contributed by atoms with Gasteiger partial charge in [-0.2, -0.15) is 24.4 Å². The minimum Gasteiger partial charge on any atom is -0.481 e. The van der Waals surface area contributed by atoms with Crippen LogP contribution in [-0.4, -0.2) is 316 Å². The molecule has 1 aromatic carbocycles. The second-order valence-corrected chi connectivity index (χ2v) is 36.8. The number of thioether (sulfide) groups is 1. The summed E-state index contributed by atoms with van der Waals surface area (Å²) in [7, 11) is 0. The van der Waals surface area contributed by atoms with Crippen LogP contribution in [0.5, 0.6) is 0 Å². The fourth-order valence-electron chi connectivity index (χ4n) is 13.9. The highest BCUT2D eigenvalue weighted by Gasteiger charge is 2.40. The van der Waals surface area contributed by atoms with Gasteiger partial charge in [0.25, 0.3) is 0 Å². The summed E-state index contributed by atoms with van der Waals surface area (Å²) in [4.78, 5) is 289. The molecular formula is C90H153N25O24S2. The van der Waals surface area contributed by atoms with Gasteiger partial charge >= 0.3 is 11.9 Å². The van der Waals surface area contributed by atoms with Crippen molar-refractivity contribution in [1.82, 2.24) is 106 Å². The molecular weight excluding hydrogens is 1880 g/mol. The molecule has 0 unspecified atom stereocenters. The van der Waals surface area contributed by atoms with Gasteiger partial charge in [0.2, 0.25) is 112 Å². The van der Waals surface area contributed by atoms with E-state index in [2.05, 4.69) is 119 Å². The Labute approximate surface area is 830 Å². The summed E-state index contributed by atoms with van der Waals surface area (Å²) in [6.45, 7) is 18.0. The molecule has 33 N–H and O–H groups in total. The van der Waals surface area contributed by atoms with E-state index in [0.717, 1.165) is 0 Å². The van der Waals surface area contributed by atoms with Crippen molar-refractivity contribution in [2.75, 3.05) is 57.0 Å². The van der Waals surface area contributed by atoms with Crippen LogP contribution in [0, 0.1) is 17.8 Å². The molecule has 0 aliphatic carbocycles. The quantitative estimate of drug-likeness (QED) is 0.0216. The zero-order chi connectivity index (χ0) is 107. The second kappa shape index (κ2) is 66.0. The first kappa shape index (κ1) is 125. The molecule has 2 aromatic rings. The van der Waals surface area contributed by atoms with Gasteiger partial charge in [-0.05, 0) is 206 Å². The van der Waals surface area contributed by atoms with Gasteiger partial charge < -0.3 is 150 Å². The number of aliphatic hydroxyl groups excluding tert-OH is 1. The number of hydrogen-bond donors (Lipinski definition) is 29. The Balaban J connectivity index is 2.29. The molecule has 0 radical (unpaired) electrons. The predicted molar refractivity (Wildman–Crippen MR) is 527 cm³/mol. The number of aliphatic carboxylic acids is 2. The Bertz CT molecular complexity index is 4490. The standard InChI is InChI=1S/C90H153N25O24S2/c1-15-47(6)71(114-87(135)70(46(4)5)113-83(131)59(28-18-22-35-91)105-66(117)42-97-74(122)49(8)103-89(137)72(54(13)116)115-78(126)53(12)100-79(127)57(95)34-39-141-14)88(136)109-61(30-20-24-37-93)82(130)111-65(44-140)85(133)107-60(29-19-23-36-92)80(128)102-50(9)75(123)99-52(11)77(125)112-69(45(2)3)86(134)104-51(10)76(124)110-64(40-55-41-96-58-27-17-16-26-56(55)58)84(132)108-62(32-33-68(119)120)81(129)101-48(7)73(121)98-43-67(118)106-63(90(138)139)31-21-25-38-94/h16-17,26-27,41,45-54,57,59-65,69-72,96,116,140H,15,18-25,28-40,42-44,91-95H2,1-14H3,(H,97,122)(H,98,121)(H,99,123)(H,100,127)(H,101,129)(H,102,128)(H,103,137)(H,104,134)(H,105,117)(H,106,118)(H,107,133)(H,108,132)(H,109,136)(H,110,124)(H,111,130)(H,112,125)(H,113,131)(H,114,135)(H,115,126)(H,119,120)(H,138,139)/t47-,48-,49-,50-,51-,52-,53-,54+,57-,59-,60-,61-,62-,63-,64-,65-,69-,70-,71-,72-/m0/s1. The van der Waals surface area contributed by atoms with Gasteiger partial charge in [0.1, 0.15) is 103 Å². The number of unbranched alkanes of at least 4 members (excludes halogenated alkanes) is 4. The normalized spacial score (nSPS) is 15.5. The topological polar surface area (TPSA) is 794 Å². The van der Waals surface area contributed by atoms with E-state index in [-0.39, 0.29) is 76.8 Å². The van der Waals surface area contributed by atoms with Crippen LogP contribution in [0.25, 0.3) is 10.9 Å². The SMILES string of the molecule is CC[C@H](C)[C@H](NC(=O)[C@@H](NC(=O)[C@H](CCCCN)NC(=O)CNC(=O)[C@H](C)NC(=O)[C@@H](NC(=O)[C@H](C)NC(=O)[C@@H](N)CCSC)[C@@H](C)O)C(C)C)C(=O)N[C@@H](CCCCN)C(=O)N[C@@H](CS)C(=O)N[C@@H](CCCCN)C(=O)N[C@@H](C)C(=O)N[C@@H](C)C(=O)N[C@H](C(=O)N[C@@H](C)C(=O)N[C@@H](Cc1c[nH]c2ccccc12)C(=O)N[C@@H](CCC(=O)O)C(=O)N[C@@H](C)C(=O)NCC(=O)N[C@@H](CCCCN)C(=O)O)C(C)C. The van der Waals surface area contributed by atoms with Crippen LogP contribution < -0.4 is 130 Å². The van der Waals surface area contributed by atoms with Gasteiger partial charge in [-0.15, -0.1) is 0 Å². The zero-order valence-corrected chi connectivity index (χ0v) is 84.6. The maximum atomic E-state index is 14.6. The van der Waals surface area contributed by atoms with Crippen LogP contribution in [0.2, 0.25) is 0 Å². The predicted octanol–water partition coefficient (Wildman–Crippen LogP) is -6.48. The smallest absolute Gasteiger partial charge is 0.326 e. The number of aromatic amines is 1. The number of benzene rings is 1. The van der Waals surface area contributed by atoms with Crippen LogP contribution in [0.4, 0.5) is 0 Å². The number of nitrogens with two attached hydrogens (primary N) is 5. The first-order valence-corrected chi connectivity index (χ1v) is 49.5. The summed E-state index contributed by atoms with van der Waals surface area (Å²) in [6, 6.07) is -18.1. The molecule has 20 atom stereocenters. The molecule has 0 fully saturated rings. The van der Waals surface area contributed by atoms with Crippen molar-refractivity contribution >= 4 is 159 Å². The maximum absolute atomic E-state index is 14.6. The molecule has 0 bridgehead atoms. The maximum Gasteiger partial charge on any atom is 0.326 e. The van der Waals surface area contributed by atoms with Crippen molar-refractivity contribution in [1.29, 1.82) is 0 Å². The van der Waals surface area contributed by atoms with E-state index in [0.29, 0.717) is 73.7 Å². The van der Waals surface area contributed by atoms with Crippen LogP contribution >= 0.6 is 24.4 Å². The van der Waals surface area contributed by atoms with Crippen LogP contribution in [0.15, 0.2) is 30.5 Å². The Kier molecular flexibility index (Phi) is 58.6. The molecule has 0 spiro atoms. The summed E-state index contributed by atoms with van der Waals surface area (Å²) >= 11 is 5.83. The molecule has 2 rings (SSSR count). The van der Waals surface area contributed by atoms with Gasteiger partial charge in [0.15, 0.2) is 0 Å². The van der Waals surface area contributed by atoms with Crippen molar-refractivity contribution < 1.29 is 116 Å². The number of carboxylic acids is 2. The van der Waals surface area contributed by atoms with E-state index in [9.17, 15) is 116 Å². The number of carbonyl (C=O) groups is 21. The lowest BCUT2D eigenvalue weighted by molar-refractivity contribution is -0.142. The highest BCUT2D eigenvalue weighted by atomic mass is 32.2. The van der Waals surface area contributed by atoms with Crippen molar-refractivity contribution in [3.63, 3.8) is 0 Å². The van der Waals surface area contributed by atoms with Gasteiger partial charge in [-0.1, -0.05) is 66.2 Å². The summed E-state index contributed by atoms with van der Waals surface area (Å²) in [5, 5.41) is 77.8. The summed E-state index contributed by atoms with van der Waals surface area (Å²) < 4.78 is 0. The fourth-order valence-corrected chi connectivity index (χ4v) is 14.6. The third-order valence-electron chi connectivity index (χ3n) is 22.8. The number of para-hydroxylation sites is 1. The van der Waals surface area contributed by atoms with E-state index < -0.39 is 283 Å². The number of nitrogens with one attached hydrogen (secondary N) is 20. The van der Waals surface area contributed by atoms with E-state index in [4.69, 9.17) is 28.7 Å². The molecule has 51 heteroatoms. The molecule has 0 saturated heterocycles. The molecule has 0 saturated carbocycles. The number of aliphatic hydroxyl groups is 1. The first-order chi connectivity index (χ1) is 66.4. The molecule has 19 amide bonds. The van der Waals surface area contributed by atoms with Crippen LogP contribution in [0.1, 0.15) is 198 Å². The van der Waals surface area contributed by atoms with E-state index >= 15 is 0 Å². The Morgan fingerprint density at radius 2 is 0.695 bits per heavy atom. The number of fused-ring (bicyclic) bond motifs is 1. The average molecular weight is 2030 g/mol. The largest absolute Gasteiger partial charge is 0.481 e. The lowest BCUT2D eigenvalue weighted by atomic mass is 9.95. The molecule has 1 heterocycles. The number of carbonyl (C=O) groups excluding carboxylic acids is 19. The molecule has 0 aliphatic rings. The highest BCUT2D eigenvalue weighted by molar-refractivity contribution is 7.98. The summed E-state index contributed by atoms with van der Waals surface area (Å²) in [5.41, 5.74) is 30.0. The molecule has 1 aromatic heterocycles. The van der Waals surface area contributed by atoms with Gasteiger partial charge in [-0.25, -0.2) is 4.79 Å². The summed E-state index contributed by atoms with van der Waals surface area (Å²) in [5.74, 6) is -21.4. The third kappa shape index (κ3) is 45.7. The Hall–Kier alpha value is -11.9. The number of thiol groups is 1. The highest BCUT2D eigenvalue weighted by Crippen LogP contribution is 2.21. The third-order valence-corrected chi connectivity index (χ3v) is 23.9. The molecule has 141 heavy (non-hydrogen) atoms. The lowest BCUT2D eigenvalue weighted by Crippen LogP contribution is -2.62. The molecule has 794 valence electrons. The number of hydrogen-bond acceptors (Lipinski definition) is 29. The molecule has 49 nitrogen and oxygen atoms in total. The van der Waals surface area contributed by atoms with Gasteiger partial charge in [0.05, 0.1) is 25.2 Å². The monoisotopic (exact) mass is 2030 g/mol. The fraction of sp³-hybridized carbons (Fsp3) is 0.678. The number of amides is 19. The lowest BCUT2D eigenvalue weighted by Gasteiger charge is -2.30. The van der Waals surface area contributed by atoms with Crippen molar-refractivity contribution in [3.8, 4) is 0 Å². The van der Waals surface area contributed by atoms with Crippen molar-refractivity contribution in [2.45, 2.75) is 314 Å². The van der Waals surface area contributed by atoms with Gasteiger partial charge in [0, 0.05) is 35.7 Å². The van der Waals surface area contributed by atoms with Crippen LogP contribution in [0.3, 0.4) is 0 Å². The minimum atomic E-state index is -1.66. The Morgan fingerprint density at radius 3 is 1.13 bits per heavy atom. The minimum absolute atomic E-state index is 0.000277. The molecule has 0 aliphatic heterocycles. The summed E-state index contributed by atoms with van der Waals surface area (Å²) in [6.07, 6.45) is 3.93. The Morgan fingerprint density at radius 1 is 0.369 bits per heavy atom. The number of H-pyrrole nitrogens is 1. The first-order valence-electron chi connectivity index (χ1n) is 47.5.